The fourth-order valence-corrected chi connectivity index (χ4v) is 2.53. The minimum atomic E-state index is 0.0130. The summed E-state index contributed by atoms with van der Waals surface area (Å²) in [6.07, 6.45) is 1.32. The van der Waals surface area contributed by atoms with Crippen LogP contribution in [0.5, 0.6) is 5.75 Å². The van der Waals surface area contributed by atoms with Gasteiger partial charge in [0.2, 0.25) is 5.91 Å². The Morgan fingerprint density at radius 1 is 1.15 bits per heavy atom. The summed E-state index contributed by atoms with van der Waals surface area (Å²) in [4.78, 5) is 12.0. The quantitative estimate of drug-likeness (QED) is 0.894. The number of hydrogen-bond donors (Lipinski definition) is 2. The van der Waals surface area contributed by atoms with Crippen LogP contribution >= 0.6 is 0 Å². The van der Waals surface area contributed by atoms with Crippen LogP contribution in [0.2, 0.25) is 0 Å². The summed E-state index contributed by atoms with van der Waals surface area (Å²) in [7, 11) is 0. The summed E-state index contributed by atoms with van der Waals surface area (Å²) in [5, 5.41) is 12.4. The Bertz CT molecular complexity index is 609. The van der Waals surface area contributed by atoms with Gasteiger partial charge in [-0.3, -0.25) is 4.79 Å². The number of carbonyl (C=O) groups excluding carboxylic acids is 1. The van der Waals surface area contributed by atoms with Gasteiger partial charge in [-0.1, -0.05) is 42.5 Å². The summed E-state index contributed by atoms with van der Waals surface area (Å²) in [6.45, 7) is 0. The number of amides is 1. The van der Waals surface area contributed by atoms with E-state index < -0.39 is 0 Å². The van der Waals surface area contributed by atoms with Gasteiger partial charge in [-0.2, -0.15) is 0 Å². The molecule has 3 heteroatoms. The lowest BCUT2D eigenvalue weighted by molar-refractivity contribution is -0.120. The van der Waals surface area contributed by atoms with Gasteiger partial charge >= 0.3 is 0 Å². The first-order valence-electron chi connectivity index (χ1n) is 6.84. The lowest BCUT2D eigenvalue weighted by Gasteiger charge is -2.05. The molecule has 1 aliphatic carbocycles. The van der Waals surface area contributed by atoms with Crippen molar-refractivity contribution in [2.45, 2.75) is 24.8 Å². The van der Waals surface area contributed by atoms with E-state index in [1.807, 2.05) is 24.3 Å². The summed E-state index contributed by atoms with van der Waals surface area (Å²) < 4.78 is 0. The lowest BCUT2D eigenvalue weighted by atomic mass is 10.1. The number of benzene rings is 2. The molecule has 0 radical (unpaired) electrons. The number of aromatic hydroxyl groups is 1. The van der Waals surface area contributed by atoms with Crippen molar-refractivity contribution in [1.82, 2.24) is 5.32 Å². The molecule has 0 aromatic heterocycles. The highest BCUT2D eigenvalue weighted by Gasteiger charge is 2.39. The Balaban J connectivity index is 1.54. The van der Waals surface area contributed by atoms with Crippen LogP contribution in [0.25, 0.3) is 0 Å². The molecule has 1 saturated carbocycles. The van der Waals surface area contributed by atoms with Crippen molar-refractivity contribution in [3.8, 4) is 5.75 Å². The first-order valence-corrected chi connectivity index (χ1v) is 6.84. The maximum absolute atomic E-state index is 12.0. The van der Waals surface area contributed by atoms with Crippen LogP contribution in [0, 0.1) is 0 Å². The van der Waals surface area contributed by atoms with Gasteiger partial charge in [0.15, 0.2) is 0 Å². The van der Waals surface area contributed by atoms with Gasteiger partial charge in [-0.25, -0.2) is 0 Å². The molecule has 0 saturated heterocycles. The normalized spacial score (nSPS) is 20.4. The van der Waals surface area contributed by atoms with Gasteiger partial charge in [-0.05, 0) is 29.7 Å². The molecule has 0 bridgehead atoms. The van der Waals surface area contributed by atoms with Gasteiger partial charge in [0.1, 0.15) is 5.75 Å². The molecule has 0 spiro atoms. The minimum absolute atomic E-state index is 0.0130. The maximum Gasteiger partial charge on any atom is 0.224 e. The third-order valence-electron chi connectivity index (χ3n) is 3.64. The van der Waals surface area contributed by atoms with Gasteiger partial charge in [0.25, 0.3) is 0 Å². The molecular weight excluding hydrogens is 250 g/mol. The van der Waals surface area contributed by atoms with Crippen LogP contribution in [0.1, 0.15) is 23.5 Å². The van der Waals surface area contributed by atoms with Crippen molar-refractivity contribution in [2.75, 3.05) is 0 Å². The molecule has 2 aromatic carbocycles. The van der Waals surface area contributed by atoms with E-state index in [0.29, 0.717) is 12.3 Å². The van der Waals surface area contributed by atoms with Crippen molar-refractivity contribution in [3.63, 3.8) is 0 Å². The SMILES string of the molecule is O=C(Cc1cccc(O)c1)NC1CC1c1ccccc1. The fraction of sp³-hybridized carbons (Fsp3) is 0.235. The van der Waals surface area contributed by atoms with Crippen molar-refractivity contribution in [2.24, 2.45) is 0 Å². The zero-order valence-corrected chi connectivity index (χ0v) is 11.1. The predicted molar refractivity (Wildman–Crippen MR) is 77.5 cm³/mol. The molecule has 1 fully saturated rings. The van der Waals surface area contributed by atoms with E-state index >= 15 is 0 Å². The van der Waals surface area contributed by atoms with Crippen molar-refractivity contribution in [3.05, 3.63) is 65.7 Å². The van der Waals surface area contributed by atoms with E-state index in [4.69, 9.17) is 0 Å². The molecule has 102 valence electrons. The van der Waals surface area contributed by atoms with E-state index in [1.54, 1.807) is 18.2 Å². The largest absolute Gasteiger partial charge is 0.508 e. The zero-order valence-electron chi connectivity index (χ0n) is 11.1. The van der Waals surface area contributed by atoms with Crippen LogP contribution in [0.15, 0.2) is 54.6 Å². The molecule has 2 aromatic rings. The second-order valence-corrected chi connectivity index (χ2v) is 5.27. The zero-order chi connectivity index (χ0) is 13.9. The highest BCUT2D eigenvalue weighted by molar-refractivity contribution is 5.79. The first-order chi connectivity index (χ1) is 9.72. The molecule has 2 unspecified atom stereocenters. The lowest BCUT2D eigenvalue weighted by Crippen LogP contribution is -2.28. The number of phenols is 1. The fourth-order valence-electron chi connectivity index (χ4n) is 2.53. The number of rotatable bonds is 4. The smallest absolute Gasteiger partial charge is 0.224 e. The molecule has 1 aliphatic rings. The summed E-state index contributed by atoms with van der Waals surface area (Å²) in [5.41, 5.74) is 2.12. The predicted octanol–water partition coefficient (Wildman–Crippen LogP) is 2.61. The third kappa shape index (κ3) is 2.99. The third-order valence-corrected chi connectivity index (χ3v) is 3.64. The number of hydrogen-bond acceptors (Lipinski definition) is 2. The first kappa shape index (κ1) is 12.7. The maximum atomic E-state index is 12.0. The summed E-state index contributed by atoms with van der Waals surface area (Å²) in [6, 6.07) is 17.3. The molecule has 2 N–H and O–H groups in total. The standard InChI is InChI=1S/C17H17NO2/c19-14-8-4-5-12(9-14)10-17(20)18-16-11-15(16)13-6-2-1-3-7-13/h1-9,15-16,19H,10-11H2,(H,18,20). The number of phenolic OH excluding ortho intramolecular Hbond substituents is 1. The van der Waals surface area contributed by atoms with Crippen LogP contribution in [-0.4, -0.2) is 17.1 Å². The molecule has 2 atom stereocenters. The second-order valence-electron chi connectivity index (χ2n) is 5.27. The van der Waals surface area contributed by atoms with E-state index in [2.05, 4.69) is 17.4 Å². The molecule has 20 heavy (non-hydrogen) atoms. The Kier molecular flexibility index (Phi) is 3.42. The average Bonchev–Trinajstić information content (AvgIpc) is 3.19. The molecule has 3 nitrogen and oxygen atoms in total. The highest BCUT2D eigenvalue weighted by atomic mass is 16.3. The number of nitrogens with one attached hydrogen (secondary N) is 1. The van der Waals surface area contributed by atoms with E-state index in [1.165, 1.54) is 5.56 Å². The van der Waals surface area contributed by atoms with Crippen LogP contribution in [-0.2, 0) is 11.2 Å². The van der Waals surface area contributed by atoms with Crippen molar-refractivity contribution >= 4 is 5.91 Å². The van der Waals surface area contributed by atoms with Gasteiger partial charge in [0.05, 0.1) is 6.42 Å². The highest BCUT2D eigenvalue weighted by Crippen LogP contribution is 2.40. The Labute approximate surface area is 118 Å². The van der Waals surface area contributed by atoms with E-state index in [0.717, 1.165) is 12.0 Å². The topological polar surface area (TPSA) is 49.3 Å². The molecule has 0 aliphatic heterocycles. The molecular formula is C17H17NO2. The summed E-state index contributed by atoms with van der Waals surface area (Å²) in [5.74, 6) is 0.659. The molecule has 0 heterocycles. The van der Waals surface area contributed by atoms with E-state index in [9.17, 15) is 9.90 Å². The van der Waals surface area contributed by atoms with Crippen LogP contribution in [0.3, 0.4) is 0 Å². The Hall–Kier alpha value is -2.29. The molecule has 3 rings (SSSR count). The Morgan fingerprint density at radius 3 is 2.70 bits per heavy atom. The van der Waals surface area contributed by atoms with Crippen molar-refractivity contribution in [1.29, 1.82) is 0 Å². The average molecular weight is 267 g/mol. The van der Waals surface area contributed by atoms with Gasteiger partial charge < -0.3 is 10.4 Å². The summed E-state index contributed by atoms with van der Waals surface area (Å²) >= 11 is 0. The van der Waals surface area contributed by atoms with Crippen LogP contribution < -0.4 is 5.32 Å². The van der Waals surface area contributed by atoms with E-state index in [-0.39, 0.29) is 17.7 Å². The van der Waals surface area contributed by atoms with Crippen molar-refractivity contribution < 1.29 is 9.90 Å². The Morgan fingerprint density at radius 2 is 1.95 bits per heavy atom. The minimum Gasteiger partial charge on any atom is -0.508 e. The second kappa shape index (κ2) is 5.37. The monoisotopic (exact) mass is 267 g/mol. The molecule has 1 amide bonds. The number of carbonyl (C=O) groups is 1. The van der Waals surface area contributed by atoms with Crippen LogP contribution in [0.4, 0.5) is 0 Å². The van der Waals surface area contributed by atoms with Gasteiger partial charge in [-0.15, -0.1) is 0 Å². The van der Waals surface area contributed by atoms with Gasteiger partial charge in [0, 0.05) is 12.0 Å².